The van der Waals surface area contributed by atoms with Crippen LogP contribution in [0.25, 0.3) is 0 Å². The highest BCUT2D eigenvalue weighted by atomic mass is 16.7. The van der Waals surface area contributed by atoms with Crippen LogP contribution in [-0.4, -0.2) is 18.1 Å². The average Bonchev–Trinajstić information content (AvgIpc) is 1.86. The second kappa shape index (κ2) is 1.24. The molecule has 6 heavy (non-hydrogen) atoms. The van der Waals surface area contributed by atoms with Gasteiger partial charge in [0, 0.05) is 0 Å². The van der Waals surface area contributed by atoms with Gasteiger partial charge in [0.05, 0.1) is 6.21 Å². The van der Waals surface area contributed by atoms with Gasteiger partial charge in [-0.15, -0.1) is 5.10 Å². The van der Waals surface area contributed by atoms with Gasteiger partial charge in [-0.25, -0.2) is 10.7 Å². The summed E-state index contributed by atoms with van der Waals surface area (Å²) in [6, 6.07) is 0. The molecule has 0 radical (unpaired) electrons. The number of hydrogen-bond donors (Lipinski definition) is 1. The van der Waals surface area contributed by atoms with E-state index in [4.69, 9.17) is 5.84 Å². The van der Waals surface area contributed by atoms with Gasteiger partial charge in [-0.05, 0) is 0 Å². The first-order chi connectivity index (χ1) is 2.89. The summed E-state index contributed by atoms with van der Waals surface area (Å²) in [5, 5.41) is 4.43. The SMILES string of the molecule is NN1N=CCO1. The fraction of sp³-hybridized carbons (Fsp3) is 0.500. The molecule has 0 aromatic carbocycles. The van der Waals surface area contributed by atoms with E-state index in [-0.39, 0.29) is 0 Å². The standard InChI is InChI=1S/C2H5N3O/c3-5-4-1-2-6-5/h1H,2-3H2. The molecule has 0 aromatic rings. The molecule has 4 nitrogen and oxygen atoms in total. The smallest absolute Gasteiger partial charge is 0.115 e. The van der Waals surface area contributed by atoms with Crippen LogP contribution >= 0.6 is 0 Å². The topological polar surface area (TPSA) is 50.8 Å². The summed E-state index contributed by atoms with van der Waals surface area (Å²) in [6.45, 7) is 0.497. The van der Waals surface area contributed by atoms with E-state index in [1.165, 1.54) is 0 Å². The van der Waals surface area contributed by atoms with E-state index in [0.717, 1.165) is 5.28 Å². The number of hydrazine groups is 1. The summed E-state index contributed by atoms with van der Waals surface area (Å²) in [7, 11) is 0. The van der Waals surface area contributed by atoms with Crippen molar-refractivity contribution in [1.82, 2.24) is 5.28 Å². The van der Waals surface area contributed by atoms with Crippen LogP contribution < -0.4 is 5.84 Å². The molecule has 1 heterocycles. The first-order valence-corrected chi connectivity index (χ1v) is 1.60. The molecule has 0 aliphatic carbocycles. The summed E-state index contributed by atoms with van der Waals surface area (Å²) < 4.78 is 0. The van der Waals surface area contributed by atoms with Gasteiger partial charge < -0.3 is 0 Å². The maximum Gasteiger partial charge on any atom is 0.115 e. The highest BCUT2D eigenvalue weighted by Crippen LogP contribution is 1.85. The molecule has 0 saturated heterocycles. The molecule has 0 bridgehead atoms. The summed E-state index contributed by atoms with van der Waals surface area (Å²) in [4.78, 5) is 4.54. The third-order valence-corrected chi connectivity index (χ3v) is 0.477. The molecule has 34 valence electrons. The Balaban J connectivity index is 2.38. The molecule has 0 aromatic heterocycles. The van der Waals surface area contributed by atoms with Crippen LogP contribution in [0, 0.1) is 0 Å². The van der Waals surface area contributed by atoms with Crippen molar-refractivity contribution in [3.05, 3.63) is 0 Å². The molecular weight excluding hydrogens is 82.0 g/mol. The predicted molar refractivity (Wildman–Crippen MR) is 20.5 cm³/mol. The summed E-state index contributed by atoms with van der Waals surface area (Å²) >= 11 is 0. The lowest BCUT2D eigenvalue weighted by Gasteiger charge is -1.99. The molecule has 1 aliphatic heterocycles. The van der Waals surface area contributed by atoms with Gasteiger partial charge in [0.25, 0.3) is 0 Å². The third-order valence-electron chi connectivity index (χ3n) is 0.477. The fourth-order valence-electron chi connectivity index (χ4n) is 0.257. The third kappa shape index (κ3) is 0.474. The van der Waals surface area contributed by atoms with Crippen molar-refractivity contribution in [3.63, 3.8) is 0 Å². The Labute approximate surface area is 35.1 Å². The zero-order valence-corrected chi connectivity index (χ0v) is 3.16. The number of rotatable bonds is 0. The van der Waals surface area contributed by atoms with Gasteiger partial charge in [-0.1, -0.05) is 5.28 Å². The van der Waals surface area contributed by atoms with E-state index in [9.17, 15) is 0 Å². The first kappa shape index (κ1) is 3.58. The van der Waals surface area contributed by atoms with Gasteiger partial charge in [0.2, 0.25) is 0 Å². The Kier molecular flexibility index (Phi) is 0.736. The van der Waals surface area contributed by atoms with Crippen molar-refractivity contribution >= 4 is 6.21 Å². The van der Waals surface area contributed by atoms with E-state index >= 15 is 0 Å². The molecule has 4 heteroatoms. The summed E-state index contributed by atoms with van der Waals surface area (Å²) in [6.07, 6.45) is 1.58. The van der Waals surface area contributed by atoms with Gasteiger partial charge in [-0.2, -0.15) is 0 Å². The normalized spacial score (nSPS) is 19.8. The van der Waals surface area contributed by atoms with Gasteiger partial charge in [0.15, 0.2) is 0 Å². The van der Waals surface area contributed by atoms with E-state index in [2.05, 4.69) is 9.94 Å². The second-order valence-electron chi connectivity index (χ2n) is 0.896. The van der Waals surface area contributed by atoms with Crippen LogP contribution in [0.5, 0.6) is 0 Å². The van der Waals surface area contributed by atoms with Gasteiger partial charge >= 0.3 is 0 Å². The van der Waals surface area contributed by atoms with Crippen molar-refractivity contribution in [2.24, 2.45) is 10.9 Å². The Morgan fingerprint density at radius 2 is 2.83 bits per heavy atom. The minimum Gasteiger partial charge on any atom is -0.236 e. The predicted octanol–water partition coefficient (Wildman–Crippen LogP) is -0.907. The minimum atomic E-state index is 0.497. The van der Waals surface area contributed by atoms with Crippen LogP contribution in [0.15, 0.2) is 5.10 Å². The maximum atomic E-state index is 4.95. The van der Waals surface area contributed by atoms with E-state index in [0.29, 0.717) is 6.61 Å². The Morgan fingerprint density at radius 1 is 2.00 bits per heavy atom. The van der Waals surface area contributed by atoms with Crippen LogP contribution in [0.2, 0.25) is 0 Å². The average molecular weight is 87.1 g/mol. The first-order valence-electron chi connectivity index (χ1n) is 1.60. The van der Waals surface area contributed by atoms with Crippen molar-refractivity contribution < 1.29 is 4.84 Å². The molecule has 0 atom stereocenters. The van der Waals surface area contributed by atoms with Crippen molar-refractivity contribution in [1.29, 1.82) is 0 Å². The quantitative estimate of drug-likeness (QED) is 0.389. The van der Waals surface area contributed by atoms with Gasteiger partial charge in [0.1, 0.15) is 6.61 Å². The highest BCUT2D eigenvalue weighted by Gasteiger charge is 1.95. The molecule has 2 N–H and O–H groups in total. The molecule has 1 rings (SSSR count). The van der Waals surface area contributed by atoms with Gasteiger partial charge in [-0.3, -0.25) is 0 Å². The lowest BCUT2D eigenvalue weighted by molar-refractivity contribution is -0.128. The van der Waals surface area contributed by atoms with Crippen LogP contribution in [0.3, 0.4) is 0 Å². The van der Waals surface area contributed by atoms with Crippen molar-refractivity contribution in [2.75, 3.05) is 6.61 Å². The van der Waals surface area contributed by atoms with E-state index < -0.39 is 0 Å². The lowest BCUT2D eigenvalue weighted by Crippen LogP contribution is -2.20. The minimum absolute atomic E-state index is 0.497. The molecule has 0 fully saturated rings. The monoisotopic (exact) mass is 87.0 g/mol. The Morgan fingerprint density at radius 3 is 3.00 bits per heavy atom. The Hall–Kier alpha value is -0.610. The largest absolute Gasteiger partial charge is 0.236 e. The van der Waals surface area contributed by atoms with Crippen LogP contribution in [0.4, 0.5) is 0 Å². The van der Waals surface area contributed by atoms with E-state index in [1.54, 1.807) is 6.21 Å². The molecular formula is C2H5N3O. The molecule has 0 spiro atoms. The van der Waals surface area contributed by atoms with Crippen molar-refractivity contribution in [2.45, 2.75) is 0 Å². The molecule has 0 unspecified atom stereocenters. The fourth-order valence-corrected chi connectivity index (χ4v) is 0.257. The summed E-state index contributed by atoms with van der Waals surface area (Å²) in [5.74, 6) is 4.95. The lowest BCUT2D eigenvalue weighted by atomic mass is 10.8. The zero-order chi connectivity index (χ0) is 4.41. The Bertz CT molecular complexity index is 71.2. The van der Waals surface area contributed by atoms with E-state index in [1.807, 2.05) is 0 Å². The second-order valence-corrected chi connectivity index (χ2v) is 0.896. The zero-order valence-electron chi connectivity index (χ0n) is 3.16. The molecule has 0 saturated carbocycles. The van der Waals surface area contributed by atoms with Crippen LogP contribution in [-0.2, 0) is 4.84 Å². The highest BCUT2D eigenvalue weighted by molar-refractivity contribution is 5.58. The number of hydrazone groups is 1. The number of nitrogens with zero attached hydrogens (tertiary/aromatic N) is 2. The molecule has 1 aliphatic rings. The van der Waals surface area contributed by atoms with Crippen LogP contribution in [0.1, 0.15) is 0 Å². The number of hydrogen-bond acceptors (Lipinski definition) is 4. The maximum absolute atomic E-state index is 4.95. The molecule has 0 amide bonds. The number of nitrogens with two attached hydrogens (primary N) is 1. The summed E-state index contributed by atoms with van der Waals surface area (Å²) in [5.41, 5.74) is 0. The van der Waals surface area contributed by atoms with Crippen molar-refractivity contribution in [3.8, 4) is 0 Å².